The molecule has 1 amide bonds. The average Bonchev–Trinajstić information content (AvgIpc) is 3.20. The maximum atomic E-state index is 12.9. The fraction of sp³-hybridized carbons (Fsp3) is 0.160. The van der Waals surface area contributed by atoms with E-state index in [-0.39, 0.29) is 0 Å². The molecule has 0 bridgehead atoms. The maximum absolute atomic E-state index is 12.9. The van der Waals surface area contributed by atoms with Gasteiger partial charge in [0.2, 0.25) is 0 Å². The average molecular weight is 414 g/mol. The summed E-state index contributed by atoms with van der Waals surface area (Å²) >= 11 is 0. The molecule has 4 rings (SSSR count). The van der Waals surface area contributed by atoms with E-state index in [1.54, 1.807) is 18.2 Å². The quantitative estimate of drug-likeness (QED) is 0.453. The number of rotatable bonds is 5. The van der Waals surface area contributed by atoms with Gasteiger partial charge in [0.25, 0.3) is 5.91 Å². The standard InChI is InChI=1S/C25H22N2O4/c1-15-7-6-8-16(2)24(15)27-23(28)14-30-25(29)19-13-21(22-12-11-17(3)31-22)26-20-10-5-4-9-18(19)20/h4-13H,14H2,1-3H3,(H,27,28). The smallest absolute Gasteiger partial charge is 0.339 e. The van der Waals surface area contributed by atoms with Crippen LogP contribution in [0.3, 0.4) is 0 Å². The number of para-hydroxylation sites is 2. The number of hydrogen-bond donors (Lipinski definition) is 1. The maximum Gasteiger partial charge on any atom is 0.339 e. The van der Waals surface area contributed by atoms with E-state index in [0.717, 1.165) is 22.6 Å². The first kappa shape index (κ1) is 20.3. The highest BCUT2D eigenvalue weighted by Gasteiger charge is 2.18. The lowest BCUT2D eigenvalue weighted by molar-refractivity contribution is -0.119. The van der Waals surface area contributed by atoms with Gasteiger partial charge in [-0.25, -0.2) is 9.78 Å². The summed E-state index contributed by atoms with van der Waals surface area (Å²) in [7, 11) is 0. The zero-order valence-electron chi connectivity index (χ0n) is 17.6. The van der Waals surface area contributed by atoms with E-state index in [9.17, 15) is 9.59 Å². The number of nitrogens with zero attached hydrogens (tertiary/aromatic N) is 1. The van der Waals surface area contributed by atoms with Crippen molar-refractivity contribution in [2.75, 3.05) is 11.9 Å². The molecule has 0 spiro atoms. The normalized spacial score (nSPS) is 10.8. The Bertz CT molecular complexity index is 1270. The van der Waals surface area contributed by atoms with Gasteiger partial charge in [-0.05, 0) is 56.2 Å². The van der Waals surface area contributed by atoms with Crippen molar-refractivity contribution in [2.45, 2.75) is 20.8 Å². The predicted octanol–water partition coefficient (Wildman–Crippen LogP) is 5.22. The molecule has 0 aliphatic rings. The molecular weight excluding hydrogens is 392 g/mol. The summed E-state index contributed by atoms with van der Waals surface area (Å²) in [4.78, 5) is 29.9. The van der Waals surface area contributed by atoms with Crippen molar-refractivity contribution in [3.63, 3.8) is 0 Å². The van der Waals surface area contributed by atoms with Crippen LogP contribution in [0.1, 0.15) is 27.2 Å². The Labute approximate surface area is 179 Å². The van der Waals surface area contributed by atoms with Crippen molar-refractivity contribution in [3.8, 4) is 11.5 Å². The number of aryl methyl sites for hydroxylation is 3. The number of ether oxygens (including phenoxy) is 1. The Morgan fingerprint density at radius 2 is 1.71 bits per heavy atom. The van der Waals surface area contributed by atoms with E-state index < -0.39 is 18.5 Å². The highest BCUT2D eigenvalue weighted by atomic mass is 16.5. The third-order valence-electron chi connectivity index (χ3n) is 5.01. The first-order valence-corrected chi connectivity index (χ1v) is 9.92. The van der Waals surface area contributed by atoms with Crippen molar-refractivity contribution in [1.29, 1.82) is 0 Å². The number of amides is 1. The second kappa shape index (κ2) is 8.44. The van der Waals surface area contributed by atoms with Crippen LogP contribution in [0.5, 0.6) is 0 Å². The summed E-state index contributed by atoms with van der Waals surface area (Å²) in [6.45, 7) is 5.28. The Hall–Kier alpha value is -3.93. The van der Waals surface area contributed by atoms with Crippen LogP contribution in [0.4, 0.5) is 5.69 Å². The molecule has 0 unspecified atom stereocenters. The van der Waals surface area contributed by atoms with Crippen LogP contribution < -0.4 is 5.32 Å². The number of esters is 1. The van der Waals surface area contributed by atoms with E-state index in [2.05, 4.69) is 10.3 Å². The Morgan fingerprint density at radius 1 is 0.968 bits per heavy atom. The number of hydrogen-bond acceptors (Lipinski definition) is 5. The summed E-state index contributed by atoms with van der Waals surface area (Å²) in [5, 5.41) is 3.47. The van der Waals surface area contributed by atoms with Crippen LogP contribution in [-0.4, -0.2) is 23.5 Å². The second-order valence-corrected chi connectivity index (χ2v) is 7.37. The van der Waals surface area contributed by atoms with Gasteiger partial charge in [-0.15, -0.1) is 0 Å². The van der Waals surface area contributed by atoms with E-state index >= 15 is 0 Å². The summed E-state index contributed by atoms with van der Waals surface area (Å²) < 4.78 is 11.0. The number of benzene rings is 2. The number of furan rings is 1. The molecule has 0 fully saturated rings. The molecule has 0 saturated carbocycles. The third kappa shape index (κ3) is 4.33. The minimum atomic E-state index is -0.597. The van der Waals surface area contributed by atoms with Crippen molar-refractivity contribution in [3.05, 3.63) is 83.1 Å². The lowest BCUT2D eigenvalue weighted by atomic mass is 10.1. The van der Waals surface area contributed by atoms with Gasteiger partial charge in [0.1, 0.15) is 11.5 Å². The fourth-order valence-corrected chi connectivity index (χ4v) is 3.44. The first-order chi connectivity index (χ1) is 14.9. The number of aromatic nitrogens is 1. The Morgan fingerprint density at radius 3 is 2.42 bits per heavy atom. The van der Waals surface area contributed by atoms with Gasteiger partial charge in [0.15, 0.2) is 12.4 Å². The molecule has 4 aromatic rings. The van der Waals surface area contributed by atoms with Gasteiger partial charge in [-0.3, -0.25) is 4.79 Å². The fourth-order valence-electron chi connectivity index (χ4n) is 3.44. The van der Waals surface area contributed by atoms with Gasteiger partial charge in [-0.2, -0.15) is 0 Å². The molecule has 6 nitrogen and oxygen atoms in total. The van der Waals surface area contributed by atoms with Crippen LogP contribution in [0.25, 0.3) is 22.4 Å². The van der Waals surface area contributed by atoms with Gasteiger partial charge in [0.05, 0.1) is 11.1 Å². The summed E-state index contributed by atoms with van der Waals surface area (Å²) in [5.74, 6) is 0.313. The zero-order chi connectivity index (χ0) is 22.0. The van der Waals surface area contributed by atoms with Crippen molar-refractivity contribution in [1.82, 2.24) is 4.98 Å². The number of anilines is 1. The van der Waals surface area contributed by atoms with Crippen LogP contribution in [-0.2, 0) is 9.53 Å². The van der Waals surface area contributed by atoms with Crippen LogP contribution >= 0.6 is 0 Å². The number of carbonyl (C=O) groups excluding carboxylic acids is 2. The molecule has 1 N–H and O–H groups in total. The monoisotopic (exact) mass is 414 g/mol. The van der Waals surface area contributed by atoms with E-state index in [4.69, 9.17) is 9.15 Å². The van der Waals surface area contributed by atoms with Gasteiger partial charge in [0, 0.05) is 11.1 Å². The van der Waals surface area contributed by atoms with E-state index in [1.165, 1.54) is 0 Å². The summed E-state index contributed by atoms with van der Waals surface area (Å²) in [5.41, 5.74) is 4.11. The Kier molecular flexibility index (Phi) is 5.54. The largest absolute Gasteiger partial charge is 0.460 e. The Balaban J connectivity index is 1.56. The third-order valence-corrected chi connectivity index (χ3v) is 5.01. The molecule has 6 heteroatoms. The molecule has 0 atom stereocenters. The minimum absolute atomic E-state index is 0.328. The molecule has 31 heavy (non-hydrogen) atoms. The highest BCUT2D eigenvalue weighted by molar-refractivity contribution is 6.05. The van der Waals surface area contributed by atoms with E-state index in [0.29, 0.717) is 27.9 Å². The molecule has 0 aliphatic heterocycles. The summed E-state index contributed by atoms with van der Waals surface area (Å²) in [6, 6.07) is 18.3. The van der Waals surface area contributed by atoms with Crippen molar-refractivity contribution < 1.29 is 18.7 Å². The lowest BCUT2D eigenvalue weighted by Gasteiger charge is -2.12. The molecule has 0 aliphatic carbocycles. The van der Waals surface area contributed by atoms with E-state index in [1.807, 2.05) is 63.2 Å². The number of pyridine rings is 1. The molecule has 2 aromatic carbocycles. The molecule has 0 radical (unpaired) electrons. The molecule has 0 saturated heterocycles. The number of fused-ring (bicyclic) bond motifs is 1. The highest BCUT2D eigenvalue weighted by Crippen LogP contribution is 2.27. The summed E-state index contributed by atoms with van der Waals surface area (Å²) in [6.07, 6.45) is 0. The van der Waals surface area contributed by atoms with Gasteiger partial charge >= 0.3 is 5.97 Å². The van der Waals surface area contributed by atoms with Gasteiger partial charge < -0.3 is 14.5 Å². The molecular formula is C25H22N2O4. The predicted molar refractivity (Wildman–Crippen MR) is 119 cm³/mol. The minimum Gasteiger partial charge on any atom is -0.460 e. The van der Waals surface area contributed by atoms with Gasteiger partial charge in [-0.1, -0.05) is 36.4 Å². The van der Waals surface area contributed by atoms with Crippen molar-refractivity contribution >= 4 is 28.5 Å². The van der Waals surface area contributed by atoms with Crippen LogP contribution in [0, 0.1) is 20.8 Å². The zero-order valence-corrected chi connectivity index (χ0v) is 17.6. The topological polar surface area (TPSA) is 81.4 Å². The SMILES string of the molecule is Cc1ccc(-c2cc(C(=O)OCC(=O)Nc3c(C)cccc3C)c3ccccc3n2)o1. The molecule has 2 aromatic heterocycles. The van der Waals surface area contributed by atoms with Crippen LogP contribution in [0.2, 0.25) is 0 Å². The molecule has 156 valence electrons. The first-order valence-electron chi connectivity index (χ1n) is 9.92. The second-order valence-electron chi connectivity index (χ2n) is 7.37. The lowest BCUT2D eigenvalue weighted by Crippen LogP contribution is -2.22. The van der Waals surface area contributed by atoms with Crippen molar-refractivity contribution in [2.24, 2.45) is 0 Å². The molecule has 2 heterocycles. The number of nitrogens with one attached hydrogen (secondary N) is 1. The number of carbonyl (C=O) groups is 2. The van der Waals surface area contributed by atoms with Crippen LogP contribution in [0.15, 0.2) is 65.1 Å².